The highest BCUT2D eigenvalue weighted by Gasteiger charge is 2.11. The molecular formula is C14H19N3O2S. The van der Waals surface area contributed by atoms with Crippen LogP contribution in [-0.4, -0.2) is 16.0 Å². The molecule has 1 aromatic carbocycles. The number of nitrogens with two attached hydrogens (primary N) is 1. The number of aromatic nitrogens is 2. The molecular weight excluding hydrogens is 274 g/mol. The van der Waals surface area contributed by atoms with E-state index in [0.29, 0.717) is 29.8 Å². The van der Waals surface area contributed by atoms with Gasteiger partial charge in [0.2, 0.25) is 0 Å². The van der Waals surface area contributed by atoms with E-state index in [1.54, 1.807) is 0 Å². The quantitative estimate of drug-likeness (QED) is 0.849. The lowest BCUT2D eigenvalue weighted by Gasteiger charge is -2.10. The van der Waals surface area contributed by atoms with Crippen molar-refractivity contribution >= 4 is 11.5 Å². The smallest absolute Gasteiger partial charge is 0.298 e. The van der Waals surface area contributed by atoms with Gasteiger partial charge in [0.05, 0.1) is 6.61 Å². The minimum absolute atomic E-state index is 0.472. The third-order valence-electron chi connectivity index (χ3n) is 2.66. The van der Waals surface area contributed by atoms with Gasteiger partial charge in [0.25, 0.3) is 5.19 Å². The molecule has 0 spiro atoms. The first kappa shape index (κ1) is 14.7. The summed E-state index contributed by atoms with van der Waals surface area (Å²) in [6.45, 7) is 5.07. The van der Waals surface area contributed by atoms with Crippen molar-refractivity contribution in [3.8, 4) is 16.7 Å². The predicted molar refractivity (Wildman–Crippen MR) is 79.5 cm³/mol. The Hall–Kier alpha value is -1.66. The Labute approximate surface area is 122 Å². The van der Waals surface area contributed by atoms with Gasteiger partial charge in [-0.1, -0.05) is 13.0 Å². The van der Waals surface area contributed by atoms with Crippen molar-refractivity contribution in [1.82, 2.24) is 9.36 Å². The number of aryl methyl sites for hydroxylation is 1. The van der Waals surface area contributed by atoms with Crippen LogP contribution in [-0.2, 0) is 13.0 Å². The van der Waals surface area contributed by atoms with Crippen LogP contribution in [0.3, 0.4) is 0 Å². The number of hydrogen-bond donors (Lipinski definition) is 1. The van der Waals surface area contributed by atoms with Crippen LogP contribution in [0.25, 0.3) is 0 Å². The summed E-state index contributed by atoms with van der Waals surface area (Å²) in [5.74, 6) is 2.15. The second-order valence-corrected chi connectivity index (χ2v) is 4.96. The second kappa shape index (κ2) is 7.21. The van der Waals surface area contributed by atoms with E-state index in [9.17, 15) is 0 Å². The van der Waals surface area contributed by atoms with Crippen LogP contribution >= 0.6 is 11.5 Å². The fraction of sp³-hybridized carbons (Fsp3) is 0.429. The van der Waals surface area contributed by atoms with Crippen molar-refractivity contribution in [2.75, 3.05) is 6.61 Å². The van der Waals surface area contributed by atoms with Gasteiger partial charge in [-0.15, -0.1) is 0 Å². The van der Waals surface area contributed by atoms with E-state index in [1.807, 2.05) is 25.1 Å². The number of ether oxygens (including phenoxy) is 2. The molecule has 0 unspecified atom stereocenters. The van der Waals surface area contributed by atoms with Crippen molar-refractivity contribution in [2.45, 2.75) is 33.2 Å². The first-order chi connectivity index (χ1) is 9.76. The molecule has 0 aliphatic heterocycles. The molecule has 0 saturated heterocycles. The first-order valence-electron chi connectivity index (χ1n) is 6.73. The molecule has 0 fully saturated rings. The topological polar surface area (TPSA) is 70.3 Å². The lowest BCUT2D eigenvalue weighted by atomic mass is 10.2. The van der Waals surface area contributed by atoms with Gasteiger partial charge in [0.1, 0.15) is 5.82 Å². The van der Waals surface area contributed by atoms with Gasteiger partial charge in [-0.2, -0.15) is 9.36 Å². The Balaban J connectivity index is 2.18. The third-order valence-corrected chi connectivity index (χ3v) is 3.30. The zero-order chi connectivity index (χ0) is 14.4. The van der Waals surface area contributed by atoms with E-state index < -0.39 is 0 Å². The van der Waals surface area contributed by atoms with E-state index in [-0.39, 0.29) is 0 Å². The van der Waals surface area contributed by atoms with E-state index in [1.165, 1.54) is 11.5 Å². The van der Waals surface area contributed by atoms with Crippen LogP contribution in [0.5, 0.6) is 16.7 Å². The maximum absolute atomic E-state index is 5.77. The number of rotatable bonds is 7. The molecule has 0 aliphatic rings. The molecule has 108 valence electrons. The summed E-state index contributed by atoms with van der Waals surface area (Å²) < 4.78 is 15.6. The third kappa shape index (κ3) is 3.68. The predicted octanol–water partition coefficient (Wildman–Crippen LogP) is 3.14. The molecule has 1 aromatic heterocycles. The van der Waals surface area contributed by atoms with Gasteiger partial charge in [0.15, 0.2) is 11.5 Å². The summed E-state index contributed by atoms with van der Waals surface area (Å²) in [6, 6.07) is 5.67. The zero-order valence-electron chi connectivity index (χ0n) is 11.8. The normalized spacial score (nSPS) is 10.6. The van der Waals surface area contributed by atoms with Gasteiger partial charge in [-0.3, -0.25) is 0 Å². The highest BCUT2D eigenvalue weighted by atomic mass is 32.1. The summed E-state index contributed by atoms with van der Waals surface area (Å²) in [5, 5.41) is 0.537. The second-order valence-electron chi connectivity index (χ2n) is 4.25. The SMILES string of the molecule is CCCc1nsc(Oc2ccc(CN)cc2OCC)n1. The lowest BCUT2D eigenvalue weighted by molar-refractivity contribution is 0.320. The Morgan fingerprint density at radius 2 is 2.10 bits per heavy atom. The number of nitrogens with zero attached hydrogens (tertiary/aromatic N) is 2. The van der Waals surface area contributed by atoms with Crippen LogP contribution in [0, 0.1) is 0 Å². The van der Waals surface area contributed by atoms with Crippen LogP contribution in [0.15, 0.2) is 18.2 Å². The van der Waals surface area contributed by atoms with Gasteiger partial charge < -0.3 is 15.2 Å². The first-order valence-corrected chi connectivity index (χ1v) is 7.50. The minimum Gasteiger partial charge on any atom is -0.490 e. The van der Waals surface area contributed by atoms with Crippen LogP contribution in [0.2, 0.25) is 0 Å². The molecule has 0 bridgehead atoms. The Morgan fingerprint density at radius 3 is 2.80 bits per heavy atom. The van der Waals surface area contributed by atoms with Crippen molar-refractivity contribution in [2.24, 2.45) is 5.73 Å². The summed E-state index contributed by atoms with van der Waals surface area (Å²) in [5.41, 5.74) is 6.64. The molecule has 1 heterocycles. The van der Waals surface area contributed by atoms with Gasteiger partial charge >= 0.3 is 0 Å². The highest BCUT2D eigenvalue weighted by molar-refractivity contribution is 7.07. The summed E-state index contributed by atoms with van der Waals surface area (Å²) >= 11 is 1.26. The Morgan fingerprint density at radius 1 is 1.25 bits per heavy atom. The van der Waals surface area contributed by atoms with E-state index in [0.717, 1.165) is 24.2 Å². The minimum atomic E-state index is 0.472. The van der Waals surface area contributed by atoms with Crippen molar-refractivity contribution in [3.63, 3.8) is 0 Å². The number of hydrogen-bond acceptors (Lipinski definition) is 6. The molecule has 2 aromatic rings. The van der Waals surface area contributed by atoms with Gasteiger partial charge in [-0.05, 0) is 31.0 Å². The van der Waals surface area contributed by atoms with Crippen LogP contribution < -0.4 is 15.2 Å². The summed E-state index contributed by atoms with van der Waals surface area (Å²) in [7, 11) is 0. The molecule has 0 radical (unpaired) electrons. The Kier molecular flexibility index (Phi) is 5.31. The molecule has 20 heavy (non-hydrogen) atoms. The average Bonchev–Trinajstić information content (AvgIpc) is 2.89. The van der Waals surface area contributed by atoms with Crippen molar-refractivity contribution in [3.05, 3.63) is 29.6 Å². The average molecular weight is 293 g/mol. The lowest BCUT2D eigenvalue weighted by Crippen LogP contribution is -2.00. The fourth-order valence-electron chi connectivity index (χ4n) is 1.73. The van der Waals surface area contributed by atoms with E-state index in [2.05, 4.69) is 16.3 Å². The molecule has 0 atom stereocenters. The maximum atomic E-state index is 5.77. The van der Waals surface area contributed by atoms with Crippen molar-refractivity contribution in [1.29, 1.82) is 0 Å². The maximum Gasteiger partial charge on any atom is 0.298 e. The monoisotopic (exact) mass is 293 g/mol. The largest absolute Gasteiger partial charge is 0.490 e. The van der Waals surface area contributed by atoms with Crippen LogP contribution in [0.1, 0.15) is 31.7 Å². The fourth-order valence-corrected chi connectivity index (χ4v) is 2.32. The van der Waals surface area contributed by atoms with Crippen molar-refractivity contribution < 1.29 is 9.47 Å². The summed E-state index contributed by atoms with van der Waals surface area (Å²) in [4.78, 5) is 4.34. The number of benzene rings is 1. The molecule has 2 rings (SSSR count). The standard InChI is InChI=1S/C14H19N3O2S/c1-3-5-13-16-14(20-17-13)19-11-7-6-10(9-15)8-12(11)18-4-2/h6-8H,3-5,9,15H2,1-2H3. The molecule has 5 nitrogen and oxygen atoms in total. The van der Waals surface area contributed by atoms with Crippen LogP contribution in [0.4, 0.5) is 0 Å². The highest BCUT2D eigenvalue weighted by Crippen LogP contribution is 2.33. The molecule has 0 saturated carbocycles. The van der Waals surface area contributed by atoms with E-state index >= 15 is 0 Å². The Bertz CT molecular complexity index is 557. The zero-order valence-corrected chi connectivity index (χ0v) is 12.6. The van der Waals surface area contributed by atoms with E-state index in [4.69, 9.17) is 15.2 Å². The molecule has 0 aliphatic carbocycles. The summed E-state index contributed by atoms with van der Waals surface area (Å²) in [6.07, 6.45) is 1.88. The molecule has 2 N–H and O–H groups in total. The van der Waals surface area contributed by atoms with Gasteiger partial charge in [0, 0.05) is 24.5 Å². The molecule has 0 amide bonds. The van der Waals surface area contributed by atoms with Gasteiger partial charge in [-0.25, -0.2) is 0 Å². The molecule has 6 heteroatoms.